The molecule has 0 saturated heterocycles. The third-order valence-electron chi connectivity index (χ3n) is 4.44. The number of nitrogens with one attached hydrogen (secondary N) is 1. The zero-order valence-corrected chi connectivity index (χ0v) is 16.3. The van der Waals surface area contributed by atoms with E-state index in [4.69, 9.17) is 4.74 Å². The first-order valence-corrected chi connectivity index (χ1v) is 10.1. The highest BCUT2D eigenvalue weighted by Gasteiger charge is 2.16. The molecule has 26 heavy (non-hydrogen) atoms. The second-order valence-electron chi connectivity index (χ2n) is 7.07. The van der Waals surface area contributed by atoms with Gasteiger partial charge in [0.1, 0.15) is 5.75 Å². The number of benzene rings is 1. The van der Waals surface area contributed by atoms with Crippen LogP contribution in [0.4, 0.5) is 0 Å². The smallest absolute Gasteiger partial charge is 0.281 e. The number of carbonyl (C=O) groups excluding carboxylic acids is 1. The Morgan fingerprint density at radius 1 is 1.27 bits per heavy atom. The van der Waals surface area contributed by atoms with E-state index in [1.807, 2.05) is 30.3 Å². The summed E-state index contributed by atoms with van der Waals surface area (Å²) in [5, 5.41) is 4.08. The van der Waals surface area contributed by atoms with Gasteiger partial charge >= 0.3 is 0 Å². The first-order chi connectivity index (χ1) is 12.6. The molecule has 0 spiro atoms. The highest BCUT2D eigenvalue weighted by molar-refractivity contribution is 7.14. The van der Waals surface area contributed by atoms with E-state index in [0.29, 0.717) is 5.92 Å². The lowest BCUT2D eigenvalue weighted by atomic mass is 9.99. The number of ether oxygens (including phenoxy) is 1. The third-order valence-corrected chi connectivity index (χ3v) is 5.68. The summed E-state index contributed by atoms with van der Waals surface area (Å²) in [4.78, 5) is 14.4. The zero-order chi connectivity index (χ0) is 18.4. The lowest BCUT2D eigenvalue weighted by Crippen LogP contribution is -2.16. The Morgan fingerprint density at radius 3 is 2.77 bits per heavy atom. The summed E-state index contributed by atoms with van der Waals surface area (Å²) >= 11 is 1.60. The predicted molar refractivity (Wildman–Crippen MR) is 107 cm³/mol. The monoisotopic (exact) mass is 370 g/mol. The topological polar surface area (TPSA) is 50.7 Å². The number of aryl methyl sites for hydroxylation is 2. The Bertz CT molecular complexity index is 739. The first-order valence-electron chi connectivity index (χ1n) is 9.29. The van der Waals surface area contributed by atoms with Crippen LogP contribution in [0.3, 0.4) is 0 Å². The van der Waals surface area contributed by atoms with E-state index in [9.17, 15) is 4.79 Å². The summed E-state index contributed by atoms with van der Waals surface area (Å²) < 4.78 is 5.70. The molecule has 138 valence electrons. The number of rotatable bonds is 7. The number of hydrogen-bond acceptors (Lipinski definition) is 4. The van der Waals surface area contributed by atoms with Gasteiger partial charge in [0, 0.05) is 4.88 Å². The van der Waals surface area contributed by atoms with E-state index in [2.05, 4.69) is 24.4 Å². The average molecular weight is 371 g/mol. The number of carbonyl (C=O) groups is 1. The first kappa shape index (κ1) is 18.6. The second kappa shape index (κ2) is 8.99. The van der Waals surface area contributed by atoms with Crippen molar-refractivity contribution < 1.29 is 9.53 Å². The zero-order valence-electron chi connectivity index (χ0n) is 15.5. The average Bonchev–Trinajstić information content (AvgIpc) is 3.07. The summed E-state index contributed by atoms with van der Waals surface area (Å²) in [7, 11) is 0. The van der Waals surface area contributed by atoms with Crippen molar-refractivity contribution >= 4 is 23.5 Å². The second-order valence-corrected chi connectivity index (χ2v) is 8.20. The Balaban J connectivity index is 1.50. The van der Waals surface area contributed by atoms with Crippen LogP contribution in [-0.2, 0) is 12.8 Å². The van der Waals surface area contributed by atoms with Gasteiger partial charge < -0.3 is 4.74 Å². The minimum Gasteiger partial charge on any atom is -0.494 e. The summed E-state index contributed by atoms with van der Waals surface area (Å²) in [5.74, 6) is 1.37. The van der Waals surface area contributed by atoms with Crippen molar-refractivity contribution in [3.8, 4) is 5.75 Å². The summed E-state index contributed by atoms with van der Waals surface area (Å²) in [6.07, 6.45) is 7.34. The van der Waals surface area contributed by atoms with Crippen LogP contribution >= 0.6 is 11.3 Å². The molecule has 0 aliphatic heterocycles. The molecule has 5 heteroatoms. The molecule has 3 rings (SSSR count). The lowest BCUT2D eigenvalue weighted by molar-refractivity contribution is 0.0959. The van der Waals surface area contributed by atoms with Crippen molar-refractivity contribution in [3.63, 3.8) is 0 Å². The standard InChI is InChI=1S/C21H26N2O2S/c1-15(2)11-12-25-18-9-7-16(8-10-18)14-22-23-21(24)20-13-17-5-3-4-6-19(17)26-20/h7-10,13-15H,3-6,11-12H2,1-2H3,(H,23,24)/b22-14+. The summed E-state index contributed by atoms with van der Waals surface area (Å²) in [6.45, 7) is 5.09. The van der Waals surface area contributed by atoms with E-state index in [1.165, 1.54) is 23.3 Å². The molecule has 1 aliphatic rings. The van der Waals surface area contributed by atoms with Crippen molar-refractivity contribution in [1.29, 1.82) is 0 Å². The normalized spacial score (nSPS) is 13.8. The molecule has 1 aromatic heterocycles. The molecule has 1 heterocycles. The van der Waals surface area contributed by atoms with Crippen LogP contribution in [-0.4, -0.2) is 18.7 Å². The Morgan fingerprint density at radius 2 is 2.04 bits per heavy atom. The highest BCUT2D eigenvalue weighted by Crippen LogP contribution is 2.29. The Hall–Kier alpha value is -2.14. The Labute approximate surface area is 159 Å². The fourth-order valence-corrected chi connectivity index (χ4v) is 4.03. The van der Waals surface area contributed by atoms with Gasteiger partial charge in [-0.2, -0.15) is 5.10 Å². The van der Waals surface area contributed by atoms with Gasteiger partial charge in [0.25, 0.3) is 5.91 Å². The summed E-state index contributed by atoms with van der Waals surface area (Å²) in [5.41, 5.74) is 4.89. The maximum absolute atomic E-state index is 12.2. The van der Waals surface area contributed by atoms with Gasteiger partial charge in [-0.3, -0.25) is 4.79 Å². The van der Waals surface area contributed by atoms with Crippen LogP contribution in [0.15, 0.2) is 35.4 Å². The molecule has 0 unspecified atom stereocenters. The van der Waals surface area contributed by atoms with Gasteiger partial charge in [-0.25, -0.2) is 5.43 Å². The molecule has 0 bridgehead atoms. The van der Waals surface area contributed by atoms with Crippen molar-refractivity contribution in [1.82, 2.24) is 5.43 Å². The van der Waals surface area contributed by atoms with Crippen molar-refractivity contribution in [2.45, 2.75) is 46.0 Å². The number of amides is 1. The number of nitrogens with zero attached hydrogens (tertiary/aromatic N) is 1. The number of hydrogen-bond donors (Lipinski definition) is 1. The Kier molecular flexibility index (Phi) is 6.45. The van der Waals surface area contributed by atoms with Crippen LogP contribution < -0.4 is 10.2 Å². The molecule has 0 radical (unpaired) electrons. The van der Waals surface area contributed by atoms with Gasteiger partial charge in [0.05, 0.1) is 17.7 Å². The fourth-order valence-electron chi connectivity index (χ4n) is 2.89. The van der Waals surface area contributed by atoms with Gasteiger partial charge in [-0.15, -0.1) is 11.3 Å². The van der Waals surface area contributed by atoms with E-state index >= 15 is 0 Å². The maximum Gasteiger partial charge on any atom is 0.281 e. The van der Waals surface area contributed by atoms with Gasteiger partial charge in [-0.05, 0) is 79.5 Å². The maximum atomic E-state index is 12.2. The number of fused-ring (bicyclic) bond motifs is 1. The van der Waals surface area contributed by atoms with Crippen LogP contribution in [0.1, 0.15) is 58.8 Å². The van der Waals surface area contributed by atoms with Crippen molar-refractivity contribution in [2.24, 2.45) is 11.0 Å². The molecule has 4 nitrogen and oxygen atoms in total. The van der Waals surface area contributed by atoms with E-state index in [1.54, 1.807) is 17.6 Å². The van der Waals surface area contributed by atoms with Crippen LogP contribution in [0, 0.1) is 5.92 Å². The molecule has 1 aromatic carbocycles. The van der Waals surface area contributed by atoms with Crippen molar-refractivity contribution in [3.05, 3.63) is 51.2 Å². The minimum atomic E-state index is -0.130. The van der Waals surface area contributed by atoms with Crippen LogP contribution in [0.5, 0.6) is 5.75 Å². The molecule has 0 fully saturated rings. The van der Waals surface area contributed by atoms with Crippen LogP contribution in [0.25, 0.3) is 0 Å². The molecule has 1 N–H and O–H groups in total. The minimum absolute atomic E-state index is 0.130. The third kappa shape index (κ3) is 5.18. The molecule has 2 aromatic rings. The number of thiophene rings is 1. The van der Waals surface area contributed by atoms with Gasteiger partial charge in [-0.1, -0.05) is 13.8 Å². The largest absolute Gasteiger partial charge is 0.494 e. The number of hydrazone groups is 1. The van der Waals surface area contributed by atoms with Gasteiger partial charge in [0.15, 0.2) is 0 Å². The molecular weight excluding hydrogens is 344 g/mol. The quantitative estimate of drug-likeness (QED) is 0.561. The van der Waals surface area contributed by atoms with E-state index in [0.717, 1.165) is 42.1 Å². The van der Waals surface area contributed by atoms with Crippen molar-refractivity contribution in [2.75, 3.05) is 6.61 Å². The fraction of sp³-hybridized carbons (Fsp3) is 0.429. The SMILES string of the molecule is CC(C)CCOc1ccc(/C=N/NC(=O)c2cc3c(s2)CCCC3)cc1. The molecule has 1 aliphatic carbocycles. The van der Waals surface area contributed by atoms with Gasteiger partial charge in [0.2, 0.25) is 0 Å². The molecule has 0 saturated carbocycles. The molecular formula is C21H26N2O2S. The molecule has 1 amide bonds. The lowest BCUT2D eigenvalue weighted by Gasteiger charge is -2.08. The van der Waals surface area contributed by atoms with Crippen LogP contribution in [0.2, 0.25) is 0 Å². The highest BCUT2D eigenvalue weighted by atomic mass is 32.1. The summed E-state index contributed by atoms with van der Waals surface area (Å²) in [6, 6.07) is 9.75. The predicted octanol–water partition coefficient (Wildman–Crippen LogP) is 4.82. The van der Waals surface area contributed by atoms with E-state index in [-0.39, 0.29) is 5.91 Å². The molecule has 0 atom stereocenters. The van der Waals surface area contributed by atoms with E-state index < -0.39 is 0 Å².